The van der Waals surface area contributed by atoms with E-state index < -0.39 is 0 Å². The number of guanidine groups is 1. The summed E-state index contributed by atoms with van der Waals surface area (Å²) in [5, 5.41) is 7.31. The minimum absolute atomic E-state index is 0. The van der Waals surface area contributed by atoms with E-state index in [4.69, 9.17) is 4.74 Å². The minimum Gasteiger partial charge on any atom is -0.494 e. The molecule has 0 fully saturated rings. The van der Waals surface area contributed by atoms with Gasteiger partial charge in [-0.05, 0) is 24.6 Å². The first-order chi connectivity index (χ1) is 10.6. The number of rotatable bonds is 5. The van der Waals surface area contributed by atoms with E-state index in [1.807, 2.05) is 19.2 Å². The molecule has 0 aliphatic carbocycles. The molecule has 0 atom stereocenters. The van der Waals surface area contributed by atoms with Crippen LogP contribution in [-0.4, -0.2) is 25.1 Å². The molecule has 126 valence electrons. The van der Waals surface area contributed by atoms with Gasteiger partial charge in [0.25, 0.3) is 0 Å². The smallest absolute Gasteiger partial charge is 0.191 e. The van der Waals surface area contributed by atoms with Crippen molar-refractivity contribution in [2.24, 2.45) is 4.99 Å². The third-order valence-corrected chi connectivity index (χ3v) is 3.89. The molecule has 23 heavy (non-hydrogen) atoms. The number of aryl methyl sites for hydroxylation is 1. The van der Waals surface area contributed by atoms with E-state index in [0.717, 1.165) is 10.6 Å². The number of hydrogen-bond acceptors (Lipinski definition) is 4. The Balaban J connectivity index is 0.00000264. The van der Waals surface area contributed by atoms with Crippen molar-refractivity contribution in [2.75, 3.05) is 14.2 Å². The Morgan fingerprint density at radius 3 is 2.65 bits per heavy atom. The fourth-order valence-corrected chi connectivity index (χ4v) is 2.60. The van der Waals surface area contributed by atoms with Gasteiger partial charge >= 0.3 is 0 Å². The molecular weight excluding hydrogens is 430 g/mol. The molecule has 0 aliphatic heterocycles. The van der Waals surface area contributed by atoms with Gasteiger partial charge in [-0.1, -0.05) is 6.07 Å². The average molecular weight is 450 g/mol. The van der Waals surface area contributed by atoms with E-state index in [9.17, 15) is 4.39 Å². The van der Waals surface area contributed by atoms with Crippen molar-refractivity contribution in [1.29, 1.82) is 0 Å². The molecule has 0 radical (unpaired) electrons. The molecule has 0 saturated heterocycles. The first-order valence-electron chi connectivity index (χ1n) is 6.80. The summed E-state index contributed by atoms with van der Waals surface area (Å²) in [6.45, 7) is 3.10. The summed E-state index contributed by atoms with van der Waals surface area (Å²) in [7, 11) is 3.14. The van der Waals surface area contributed by atoms with Crippen molar-refractivity contribution >= 4 is 41.3 Å². The quantitative estimate of drug-likeness (QED) is 0.418. The number of thiazole rings is 1. The molecule has 0 saturated carbocycles. The maximum atomic E-state index is 13.6. The monoisotopic (exact) mass is 450 g/mol. The van der Waals surface area contributed by atoms with Gasteiger partial charge in [0.15, 0.2) is 17.5 Å². The molecular formula is C15H20FIN4OS. The van der Waals surface area contributed by atoms with Gasteiger partial charge in [-0.25, -0.2) is 9.37 Å². The van der Waals surface area contributed by atoms with Gasteiger partial charge < -0.3 is 15.4 Å². The van der Waals surface area contributed by atoms with Gasteiger partial charge in [0.1, 0.15) is 5.01 Å². The van der Waals surface area contributed by atoms with E-state index in [0.29, 0.717) is 19.0 Å². The van der Waals surface area contributed by atoms with Crippen LogP contribution in [-0.2, 0) is 13.1 Å². The molecule has 0 amide bonds. The normalized spacial score (nSPS) is 10.9. The lowest BCUT2D eigenvalue weighted by Gasteiger charge is -2.11. The predicted octanol–water partition coefficient (Wildman–Crippen LogP) is 3.08. The predicted molar refractivity (Wildman–Crippen MR) is 102 cm³/mol. The van der Waals surface area contributed by atoms with E-state index in [-0.39, 0.29) is 35.5 Å². The SMILES string of the molecule is CN=C(NCc1ccc(OC)c(F)c1)NCc1ncc(C)s1.I. The van der Waals surface area contributed by atoms with Crippen LogP contribution in [0.2, 0.25) is 0 Å². The van der Waals surface area contributed by atoms with Crippen LogP contribution in [0.15, 0.2) is 29.4 Å². The van der Waals surface area contributed by atoms with E-state index >= 15 is 0 Å². The van der Waals surface area contributed by atoms with Gasteiger partial charge in [0, 0.05) is 24.7 Å². The van der Waals surface area contributed by atoms with Crippen molar-refractivity contribution < 1.29 is 9.13 Å². The Kier molecular flexibility index (Phi) is 8.24. The van der Waals surface area contributed by atoms with Crippen LogP contribution >= 0.6 is 35.3 Å². The summed E-state index contributed by atoms with van der Waals surface area (Å²) in [5.74, 6) is 0.512. The Bertz CT molecular complexity index is 663. The molecule has 2 aromatic rings. The van der Waals surface area contributed by atoms with Crippen molar-refractivity contribution in [1.82, 2.24) is 15.6 Å². The molecule has 0 aliphatic rings. The molecule has 2 N–H and O–H groups in total. The molecule has 0 spiro atoms. The number of benzene rings is 1. The van der Waals surface area contributed by atoms with Crippen LogP contribution in [0.25, 0.3) is 0 Å². The van der Waals surface area contributed by atoms with Crippen molar-refractivity contribution in [3.05, 3.63) is 45.7 Å². The van der Waals surface area contributed by atoms with E-state index in [1.165, 1.54) is 18.1 Å². The zero-order valence-electron chi connectivity index (χ0n) is 13.2. The molecule has 0 unspecified atom stereocenters. The number of aromatic nitrogens is 1. The van der Waals surface area contributed by atoms with Crippen LogP contribution in [0.1, 0.15) is 15.4 Å². The fourth-order valence-electron chi connectivity index (χ4n) is 1.87. The highest BCUT2D eigenvalue weighted by Gasteiger charge is 2.05. The molecule has 1 aromatic heterocycles. The number of ether oxygens (including phenoxy) is 1. The molecule has 1 heterocycles. The van der Waals surface area contributed by atoms with Gasteiger partial charge in [-0.15, -0.1) is 35.3 Å². The second-order valence-electron chi connectivity index (χ2n) is 4.61. The number of methoxy groups -OCH3 is 1. The molecule has 1 aromatic carbocycles. The minimum atomic E-state index is -0.372. The largest absolute Gasteiger partial charge is 0.494 e. The Morgan fingerprint density at radius 2 is 2.09 bits per heavy atom. The lowest BCUT2D eigenvalue weighted by atomic mass is 10.2. The highest BCUT2D eigenvalue weighted by Crippen LogP contribution is 2.17. The molecule has 0 bridgehead atoms. The van der Waals surface area contributed by atoms with Crippen LogP contribution in [0.3, 0.4) is 0 Å². The summed E-state index contributed by atoms with van der Waals surface area (Å²) >= 11 is 1.64. The maximum absolute atomic E-state index is 13.6. The van der Waals surface area contributed by atoms with Gasteiger partial charge in [0.2, 0.25) is 0 Å². The van der Waals surface area contributed by atoms with Gasteiger partial charge in [-0.3, -0.25) is 4.99 Å². The van der Waals surface area contributed by atoms with E-state index in [2.05, 4.69) is 20.6 Å². The average Bonchev–Trinajstić information content (AvgIpc) is 2.93. The second-order valence-corrected chi connectivity index (χ2v) is 5.93. The Labute approximate surface area is 156 Å². The molecule has 5 nitrogen and oxygen atoms in total. The number of halogens is 2. The zero-order chi connectivity index (χ0) is 15.9. The standard InChI is InChI=1S/C15H19FN4OS.HI/c1-10-7-18-14(22-10)9-20-15(17-2)19-8-11-4-5-13(21-3)12(16)6-11;/h4-7H,8-9H2,1-3H3,(H2,17,19,20);1H. The number of nitrogens with zero attached hydrogens (tertiary/aromatic N) is 2. The summed E-state index contributed by atoms with van der Waals surface area (Å²) in [5.41, 5.74) is 0.811. The van der Waals surface area contributed by atoms with E-state index in [1.54, 1.807) is 24.5 Å². The summed E-state index contributed by atoms with van der Waals surface area (Å²) in [6.07, 6.45) is 1.85. The molecule has 2 rings (SSSR count). The molecule has 8 heteroatoms. The second kappa shape index (κ2) is 9.66. The number of aliphatic imine (C=N–C) groups is 1. The fraction of sp³-hybridized carbons (Fsp3) is 0.333. The summed E-state index contributed by atoms with van der Waals surface area (Å²) in [6, 6.07) is 4.87. The maximum Gasteiger partial charge on any atom is 0.191 e. The van der Waals surface area contributed by atoms with Crippen LogP contribution < -0.4 is 15.4 Å². The third kappa shape index (κ3) is 5.94. The first kappa shape index (κ1) is 19.6. The lowest BCUT2D eigenvalue weighted by molar-refractivity contribution is 0.386. The van der Waals surface area contributed by atoms with Crippen molar-refractivity contribution in [3.63, 3.8) is 0 Å². The Hall–Kier alpha value is -1.42. The lowest BCUT2D eigenvalue weighted by Crippen LogP contribution is -2.36. The topological polar surface area (TPSA) is 58.5 Å². The van der Waals surface area contributed by atoms with Crippen LogP contribution in [0, 0.1) is 12.7 Å². The van der Waals surface area contributed by atoms with Crippen LogP contribution in [0.4, 0.5) is 4.39 Å². The third-order valence-electron chi connectivity index (χ3n) is 2.98. The van der Waals surface area contributed by atoms with Crippen molar-refractivity contribution in [3.8, 4) is 5.75 Å². The van der Waals surface area contributed by atoms with Gasteiger partial charge in [0.05, 0.1) is 13.7 Å². The zero-order valence-corrected chi connectivity index (χ0v) is 16.4. The van der Waals surface area contributed by atoms with Gasteiger partial charge in [-0.2, -0.15) is 0 Å². The van der Waals surface area contributed by atoms with Crippen LogP contribution in [0.5, 0.6) is 5.75 Å². The first-order valence-corrected chi connectivity index (χ1v) is 7.62. The number of hydrogen-bond donors (Lipinski definition) is 2. The Morgan fingerprint density at radius 1 is 1.35 bits per heavy atom. The summed E-state index contributed by atoms with van der Waals surface area (Å²) in [4.78, 5) is 9.59. The highest BCUT2D eigenvalue weighted by molar-refractivity contribution is 14.0. The highest BCUT2D eigenvalue weighted by atomic mass is 127. The van der Waals surface area contributed by atoms with Crippen molar-refractivity contribution in [2.45, 2.75) is 20.0 Å². The number of nitrogens with one attached hydrogen (secondary N) is 2. The summed E-state index contributed by atoms with van der Waals surface area (Å²) < 4.78 is 18.5.